The van der Waals surface area contributed by atoms with E-state index in [1.165, 1.54) is 10.5 Å². The standard InChI is InChI=1S/C25H29N3O3/c1-25(2,3)19-11-9-18(10-12-19)23(30)26-15-13-20(14-16-26)27-17-22(29)28(24(27)31)21-7-5-4-6-8-21/h4-12,20H,13-17H2,1-3H3. The predicted molar refractivity (Wildman–Crippen MR) is 120 cm³/mol. The molecule has 2 aliphatic heterocycles. The molecule has 0 unspecified atom stereocenters. The van der Waals surface area contributed by atoms with Crippen molar-refractivity contribution in [3.05, 3.63) is 65.7 Å². The highest BCUT2D eigenvalue weighted by molar-refractivity contribution is 6.19. The van der Waals surface area contributed by atoms with E-state index < -0.39 is 0 Å². The van der Waals surface area contributed by atoms with Crippen LogP contribution in [0.4, 0.5) is 10.5 Å². The summed E-state index contributed by atoms with van der Waals surface area (Å²) in [4.78, 5) is 43.1. The minimum atomic E-state index is -0.265. The second kappa shape index (κ2) is 8.17. The minimum Gasteiger partial charge on any atom is -0.338 e. The number of carbonyl (C=O) groups is 3. The molecule has 2 saturated heterocycles. The minimum absolute atomic E-state index is 0.0219. The number of rotatable bonds is 3. The second-order valence-corrected chi connectivity index (χ2v) is 9.33. The van der Waals surface area contributed by atoms with Crippen molar-refractivity contribution in [3.8, 4) is 0 Å². The SMILES string of the molecule is CC(C)(C)c1ccc(C(=O)N2CCC(N3CC(=O)N(c4ccccc4)C3=O)CC2)cc1. The highest BCUT2D eigenvalue weighted by atomic mass is 16.2. The zero-order valence-corrected chi connectivity index (χ0v) is 18.4. The van der Waals surface area contributed by atoms with Crippen molar-refractivity contribution in [3.63, 3.8) is 0 Å². The first-order chi connectivity index (χ1) is 14.8. The van der Waals surface area contributed by atoms with Crippen LogP contribution in [0.5, 0.6) is 0 Å². The predicted octanol–water partition coefficient (Wildman–Crippen LogP) is 4.06. The monoisotopic (exact) mass is 419 g/mol. The summed E-state index contributed by atoms with van der Waals surface area (Å²) in [6, 6.07) is 16.6. The van der Waals surface area contributed by atoms with E-state index in [-0.39, 0.29) is 35.8 Å². The number of hydrogen-bond acceptors (Lipinski definition) is 3. The van der Waals surface area contributed by atoms with E-state index in [2.05, 4.69) is 20.8 Å². The van der Waals surface area contributed by atoms with Crippen molar-refractivity contribution >= 4 is 23.5 Å². The molecule has 6 heteroatoms. The maximum Gasteiger partial charge on any atom is 0.332 e. The average molecular weight is 420 g/mol. The number of nitrogens with zero attached hydrogens (tertiary/aromatic N) is 3. The van der Waals surface area contributed by atoms with E-state index in [1.807, 2.05) is 47.4 Å². The molecule has 2 fully saturated rings. The molecule has 2 aromatic carbocycles. The van der Waals surface area contributed by atoms with Crippen LogP contribution in [0.15, 0.2) is 54.6 Å². The Morgan fingerprint density at radius 3 is 2.10 bits per heavy atom. The van der Waals surface area contributed by atoms with Crippen molar-refractivity contribution in [2.45, 2.75) is 45.1 Å². The van der Waals surface area contributed by atoms with Gasteiger partial charge >= 0.3 is 6.03 Å². The van der Waals surface area contributed by atoms with Crippen molar-refractivity contribution in [1.29, 1.82) is 0 Å². The van der Waals surface area contributed by atoms with Crippen LogP contribution in [0.3, 0.4) is 0 Å². The molecule has 0 aromatic heterocycles. The van der Waals surface area contributed by atoms with Gasteiger partial charge in [-0.25, -0.2) is 9.69 Å². The fraction of sp³-hybridized carbons (Fsp3) is 0.400. The molecule has 0 bridgehead atoms. The van der Waals surface area contributed by atoms with E-state index in [0.717, 1.165) is 0 Å². The van der Waals surface area contributed by atoms with Crippen molar-refractivity contribution < 1.29 is 14.4 Å². The van der Waals surface area contributed by atoms with Gasteiger partial charge < -0.3 is 9.80 Å². The van der Waals surface area contributed by atoms with Gasteiger partial charge in [0.15, 0.2) is 0 Å². The molecular formula is C25H29N3O3. The number of likely N-dealkylation sites (tertiary alicyclic amines) is 1. The molecule has 0 saturated carbocycles. The first-order valence-corrected chi connectivity index (χ1v) is 10.8. The lowest BCUT2D eigenvalue weighted by Gasteiger charge is -2.36. The number of benzene rings is 2. The van der Waals surface area contributed by atoms with Gasteiger partial charge in [-0.05, 0) is 48.1 Å². The summed E-state index contributed by atoms with van der Waals surface area (Å²) >= 11 is 0. The molecular weight excluding hydrogens is 390 g/mol. The Balaban J connectivity index is 1.38. The zero-order chi connectivity index (χ0) is 22.2. The lowest BCUT2D eigenvalue weighted by molar-refractivity contribution is -0.116. The highest BCUT2D eigenvalue weighted by Gasteiger charge is 2.41. The number of para-hydroxylation sites is 1. The Kier molecular flexibility index (Phi) is 5.56. The van der Waals surface area contributed by atoms with Gasteiger partial charge in [0, 0.05) is 24.7 Å². The summed E-state index contributed by atoms with van der Waals surface area (Å²) in [5.41, 5.74) is 2.54. The Morgan fingerprint density at radius 1 is 0.903 bits per heavy atom. The van der Waals surface area contributed by atoms with Crippen LogP contribution >= 0.6 is 0 Å². The van der Waals surface area contributed by atoms with Crippen molar-refractivity contribution in [2.75, 3.05) is 24.5 Å². The molecule has 0 N–H and O–H groups in total. The van der Waals surface area contributed by atoms with E-state index in [0.29, 0.717) is 37.2 Å². The molecule has 2 heterocycles. The summed E-state index contributed by atoms with van der Waals surface area (Å²) in [6.45, 7) is 7.70. The van der Waals surface area contributed by atoms with Crippen LogP contribution in [0.2, 0.25) is 0 Å². The number of hydrogen-bond donors (Lipinski definition) is 0. The third-order valence-corrected chi connectivity index (χ3v) is 6.20. The van der Waals surface area contributed by atoms with Gasteiger partial charge in [0.2, 0.25) is 0 Å². The van der Waals surface area contributed by atoms with Gasteiger partial charge in [-0.2, -0.15) is 0 Å². The van der Waals surface area contributed by atoms with Gasteiger partial charge in [0.1, 0.15) is 6.54 Å². The molecule has 4 rings (SSSR count). The normalized spacial score (nSPS) is 18.1. The number of piperidine rings is 1. The Bertz CT molecular complexity index is 971. The largest absolute Gasteiger partial charge is 0.338 e. The van der Waals surface area contributed by atoms with Gasteiger partial charge in [-0.3, -0.25) is 9.59 Å². The third kappa shape index (κ3) is 4.20. The molecule has 2 aromatic rings. The van der Waals surface area contributed by atoms with Crippen LogP contribution in [-0.4, -0.2) is 53.3 Å². The van der Waals surface area contributed by atoms with Crippen LogP contribution in [-0.2, 0) is 10.2 Å². The molecule has 0 atom stereocenters. The van der Waals surface area contributed by atoms with Gasteiger partial charge in [0.25, 0.3) is 11.8 Å². The molecule has 0 aliphatic carbocycles. The summed E-state index contributed by atoms with van der Waals surface area (Å²) < 4.78 is 0. The number of urea groups is 1. The van der Waals surface area contributed by atoms with Gasteiger partial charge in [0.05, 0.1) is 5.69 Å². The quantitative estimate of drug-likeness (QED) is 0.705. The molecule has 6 nitrogen and oxygen atoms in total. The van der Waals surface area contributed by atoms with Crippen molar-refractivity contribution in [1.82, 2.24) is 9.80 Å². The molecule has 162 valence electrons. The summed E-state index contributed by atoms with van der Waals surface area (Å²) in [7, 11) is 0. The fourth-order valence-corrected chi connectivity index (χ4v) is 4.31. The van der Waals surface area contributed by atoms with Gasteiger partial charge in [-0.1, -0.05) is 51.1 Å². The van der Waals surface area contributed by atoms with E-state index in [4.69, 9.17) is 0 Å². The Hall–Kier alpha value is -3.15. The molecule has 31 heavy (non-hydrogen) atoms. The zero-order valence-electron chi connectivity index (χ0n) is 18.4. The van der Waals surface area contributed by atoms with E-state index in [9.17, 15) is 14.4 Å². The first kappa shape index (κ1) is 21.1. The Labute approximate surface area is 183 Å². The smallest absolute Gasteiger partial charge is 0.332 e. The topological polar surface area (TPSA) is 60.9 Å². The molecule has 2 aliphatic rings. The van der Waals surface area contributed by atoms with Crippen molar-refractivity contribution in [2.24, 2.45) is 0 Å². The van der Waals surface area contributed by atoms with Gasteiger partial charge in [-0.15, -0.1) is 0 Å². The number of amides is 4. The molecule has 4 amide bonds. The maximum absolute atomic E-state index is 12.9. The lowest BCUT2D eigenvalue weighted by atomic mass is 9.86. The summed E-state index contributed by atoms with van der Waals surface area (Å²) in [6.07, 6.45) is 1.35. The highest BCUT2D eigenvalue weighted by Crippen LogP contribution is 2.27. The molecule has 0 radical (unpaired) electrons. The van der Waals surface area contributed by atoms with E-state index >= 15 is 0 Å². The lowest BCUT2D eigenvalue weighted by Crippen LogP contribution is -2.48. The van der Waals surface area contributed by atoms with Crippen LogP contribution in [0, 0.1) is 0 Å². The summed E-state index contributed by atoms with van der Waals surface area (Å²) in [5.74, 6) is -0.178. The van der Waals surface area contributed by atoms with Crippen LogP contribution in [0.1, 0.15) is 49.5 Å². The van der Waals surface area contributed by atoms with Crippen LogP contribution in [0.25, 0.3) is 0 Å². The number of anilines is 1. The van der Waals surface area contributed by atoms with Crippen LogP contribution < -0.4 is 4.90 Å². The Morgan fingerprint density at radius 2 is 1.52 bits per heavy atom. The average Bonchev–Trinajstić information content (AvgIpc) is 3.07. The maximum atomic E-state index is 12.9. The first-order valence-electron chi connectivity index (χ1n) is 10.8. The number of imide groups is 1. The summed E-state index contributed by atoms with van der Waals surface area (Å²) in [5, 5.41) is 0. The third-order valence-electron chi connectivity index (χ3n) is 6.20. The number of carbonyl (C=O) groups excluding carboxylic acids is 3. The second-order valence-electron chi connectivity index (χ2n) is 9.33. The fourth-order valence-electron chi connectivity index (χ4n) is 4.31. The molecule has 0 spiro atoms. The van der Waals surface area contributed by atoms with E-state index in [1.54, 1.807) is 17.0 Å².